The van der Waals surface area contributed by atoms with Gasteiger partial charge in [-0.3, -0.25) is 0 Å². The molecule has 0 heterocycles. The smallest absolute Gasteiger partial charge is 0.182 e. The number of aryl methyl sites for hydroxylation is 1. The lowest BCUT2D eigenvalue weighted by atomic mass is 9.94. The normalized spacial score (nSPS) is 24.1. The van der Waals surface area contributed by atoms with E-state index in [0.717, 1.165) is 31.2 Å². The zero-order chi connectivity index (χ0) is 16.2. The van der Waals surface area contributed by atoms with Gasteiger partial charge in [0.2, 0.25) is 0 Å². The minimum atomic E-state index is -3.33. The number of hydrogen-bond donors (Lipinski definition) is 2. The third kappa shape index (κ3) is 3.89. The van der Waals surface area contributed by atoms with Gasteiger partial charge in [0, 0.05) is 12.1 Å². The summed E-state index contributed by atoms with van der Waals surface area (Å²) in [5.41, 5.74) is 1.06. The molecule has 0 aromatic heterocycles. The van der Waals surface area contributed by atoms with Crippen LogP contribution in [0.3, 0.4) is 0 Å². The lowest BCUT2D eigenvalue weighted by molar-refractivity contribution is 0.216. The van der Waals surface area contributed by atoms with Crippen molar-refractivity contribution >= 4 is 9.84 Å². The summed E-state index contributed by atoms with van der Waals surface area (Å²) in [7, 11) is -3.33. The van der Waals surface area contributed by atoms with Gasteiger partial charge in [0.1, 0.15) is 0 Å². The largest absolute Gasteiger partial charge is 0.395 e. The van der Waals surface area contributed by atoms with Crippen LogP contribution in [0.2, 0.25) is 0 Å². The van der Waals surface area contributed by atoms with Gasteiger partial charge >= 0.3 is 0 Å². The zero-order valence-corrected chi connectivity index (χ0v) is 14.3. The first-order chi connectivity index (χ1) is 10.5. The van der Waals surface area contributed by atoms with Gasteiger partial charge in [-0.1, -0.05) is 37.5 Å². The second-order valence-electron chi connectivity index (χ2n) is 6.24. The highest BCUT2D eigenvalue weighted by Gasteiger charge is 2.37. The summed E-state index contributed by atoms with van der Waals surface area (Å²) < 4.78 is 25.9. The molecule has 3 atom stereocenters. The van der Waals surface area contributed by atoms with E-state index < -0.39 is 15.1 Å². The molecule has 1 aromatic rings. The third-order valence-electron chi connectivity index (χ3n) is 4.61. The minimum absolute atomic E-state index is 0.0289. The van der Waals surface area contributed by atoms with Crippen molar-refractivity contribution in [2.24, 2.45) is 0 Å². The molecule has 1 aliphatic carbocycles. The van der Waals surface area contributed by atoms with E-state index in [4.69, 9.17) is 0 Å². The quantitative estimate of drug-likeness (QED) is 0.843. The molecular formula is C17H27NO3S. The maximum absolute atomic E-state index is 13.0. The summed E-state index contributed by atoms with van der Waals surface area (Å²) in [6.45, 7) is 4.00. The van der Waals surface area contributed by atoms with Gasteiger partial charge in [-0.2, -0.15) is 0 Å². The highest BCUT2D eigenvalue weighted by atomic mass is 32.2. The number of nitrogens with one attached hydrogen (secondary N) is 1. The Bertz CT molecular complexity index is 564. The fourth-order valence-electron chi connectivity index (χ4n) is 3.16. The van der Waals surface area contributed by atoms with E-state index >= 15 is 0 Å². The van der Waals surface area contributed by atoms with Crippen LogP contribution in [0.4, 0.5) is 0 Å². The van der Waals surface area contributed by atoms with E-state index in [1.165, 1.54) is 0 Å². The molecule has 2 rings (SSSR count). The molecule has 0 unspecified atom stereocenters. The van der Waals surface area contributed by atoms with Crippen LogP contribution < -0.4 is 5.32 Å². The molecule has 1 aliphatic rings. The molecule has 5 heteroatoms. The fraction of sp³-hybridized carbons (Fsp3) is 0.647. The highest BCUT2D eigenvalue weighted by molar-refractivity contribution is 7.92. The van der Waals surface area contributed by atoms with Crippen molar-refractivity contribution in [2.45, 2.75) is 68.2 Å². The molecule has 0 bridgehead atoms. The van der Waals surface area contributed by atoms with Crippen molar-refractivity contribution in [2.75, 3.05) is 6.61 Å². The average Bonchev–Trinajstić information content (AvgIpc) is 2.53. The van der Waals surface area contributed by atoms with Crippen molar-refractivity contribution in [3.05, 3.63) is 29.8 Å². The number of hydrogen-bond acceptors (Lipinski definition) is 4. The molecule has 0 aliphatic heterocycles. The number of rotatable bonds is 6. The van der Waals surface area contributed by atoms with Crippen molar-refractivity contribution < 1.29 is 13.5 Å². The first kappa shape index (κ1) is 17.4. The first-order valence-corrected chi connectivity index (χ1v) is 9.71. The predicted octanol–water partition coefficient (Wildman–Crippen LogP) is 2.44. The Balaban J connectivity index is 2.23. The molecule has 0 spiro atoms. The van der Waals surface area contributed by atoms with Crippen LogP contribution in [0.1, 0.15) is 44.6 Å². The Morgan fingerprint density at radius 1 is 1.23 bits per heavy atom. The van der Waals surface area contributed by atoms with Crippen LogP contribution in [0.15, 0.2) is 29.2 Å². The standard InChI is InChI=1S/C17H27NO3S/c1-3-14(12-19)18-16-6-4-5-7-17(16)22(20,21)15-10-8-13(2)9-11-15/h8-11,14,16-19H,3-7,12H2,1-2H3/t14-,16+,17+/m1/s1. The van der Waals surface area contributed by atoms with Crippen molar-refractivity contribution in [3.8, 4) is 0 Å². The second-order valence-corrected chi connectivity index (χ2v) is 8.41. The van der Waals surface area contributed by atoms with Crippen molar-refractivity contribution in [1.82, 2.24) is 5.32 Å². The van der Waals surface area contributed by atoms with Crippen molar-refractivity contribution in [3.63, 3.8) is 0 Å². The maximum atomic E-state index is 13.0. The molecule has 124 valence electrons. The lowest BCUT2D eigenvalue weighted by Crippen LogP contribution is -2.50. The SMILES string of the molecule is CC[C@H](CO)N[C@H]1CCCC[C@@H]1S(=O)(=O)c1ccc(C)cc1. The van der Waals surface area contributed by atoms with E-state index in [1.54, 1.807) is 12.1 Å². The summed E-state index contributed by atoms with van der Waals surface area (Å²) >= 11 is 0. The Morgan fingerprint density at radius 3 is 2.45 bits per heavy atom. The topological polar surface area (TPSA) is 66.4 Å². The van der Waals surface area contributed by atoms with E-state index in [0.29, 0.717) is 11.3 Å². The van der Waals surface area contributed by atoms with Crippen LogP contribution in [-0.2, 0) is 9.84 Å². The van der Waals surface area contributed by atoms with Crippen LogP contribution in [0.5, 0.6) is 0 Å². The Hall–Kier alpha value is -0.910. The second kappa shape index (κ2) is 7.57. The van der Waals surface area contributed by atoms with E-state index in [2.05, 4.69) is 5.32 Å². The summed E-state index contributed by atoms with van der Waals surface area (Å²) in [5, 5.41) is 12.3. The van der Waals surface area contributed by atoms with Gasteiger partial charge in [-0.15, -0.1) is 0 Å². The molecule has 0 saturated heterocycles. The molecular weight excluding hydrogens is 298 g/mol. The minimum Gasteiger partial charge on any atom is -0.395 e. The maximum Gasteiger partial charge on any atom is 0.182 e. The van der Waals surface area contributed by atoms with Gasteiger partial charge in [0.15, 0.2) is 9.84 Å². The number of aliphatic hydroxyl groups is 1. The third-order valence-corrected chi connectivity index (χ3v) is 6.90. The van der Waals surface area contributed by atoms with Gasteiger partial charge in [0.25, 0.3) is 0 Å². The molecule has 0 amide bonds. The summed E-state index contributed by atoms with van der Waals surface area (Å²) in [6, 6.07) is 7.01. The fourth-order valence-corrected chi connectivity index (χ4v) is 5.15. The van der Waals surface area contributed by atoms with Gasteiger partial charge in [0.05, 0.1) is 16.8 Å². The number of aliphatic hydroxyl groups excluding tert-OH is 1. The molecule has 1 aromatic carbocycles. The van der Waals surface area contributed by atoms with E-state index in [-0.39, 0.29) is 18.7 Å². The highest BCUT2D eigenvalue weighted by Crippen LogP contribution is 2.29. The predicted molar refractivity (Wildman–Crippen MR) is 88.7 cm³/mol. The molecule has 22 heavy (non-hydrogen) atoms. The van der Waals surface area contributed by atoms with Crippen LogP contribution in [0, 0.1) is 6.92 Å². The summed E-state index contributed by atoms with van der Waals surface area (Å²) in [5.74, 6) is 0. The molecule has 4 nitrogen and oxygen atoms in total. The van der Waals surface area contributed by atoms with Crippen LogP contribution in [0.25, 0.3) is 0 Å². The Morgan fingerprint density at radius 2 is 1.86 bits per heavy atom. The monoisotopic (exact) mass is 325 g/mol. The Labute approximate surface area is 133 Å². The van der Waals surface area contributed by atoms with Crippen LogP contribution in [-0.4, -0.2) is 37.5 Å². The van der Waals surface area contributed by atoms with Gasteiger partial charge in [-0.25, -0.2) is 8.42 Å². The molecule has 0 radical (unpaired) electrons. The summed E-state index contributed by atoms with van der Waals surface area (Å²) in [6.07, 6.45) is 4.33. The Kier molecular flexibility index (Phi) is 6.01. The van der Waals surface area contributed by atoms with Crippen LogP contribution >= 0.6 is 0 Å². The number of sulfone groups is 1. The molecule has 1 fully saturated rings. The van der Waals surface area contributed by atoms with Gasteiger partial charge < -0.3 is 10.4 Å². The lowest BCUT2D eigenvalue weighted by Gasteiger charge is -2.34. The average molecular weight is 325 g/mol. The molecule has 2 N–H and O–H groups in total. The zero-order valence-electron chi connectivity index (χ0n) is 13.5. The number of benzene rings is 1. The first-order valence-electron chi connectivity index (χ1n) is 8.16. The summed E-state index contributed by atoms with van der Waals surface area (Å²) in [4.78, 5) is 0.411. The van der Waals surface area contributed by atoms with E-state index in [9.17, 15) is 13.5 Å². The van der Waals surface area contributed by atoms with Gasteiger partial charge in [-0.05, 0) is 38.3 Å². The van der Waals surface area contributed by atoms with Crippen molar-refractivity contribution in [1.29, 1.82) is 0 Å². The van der Waals surface area contributed by atoms with E-state index in [1.807, 2.05) is 26.0 Å². The molecule has 1 saturated carbocycles.